The highest BCUT2D eigenvalue weighted by molar-refractivity contribution is 6.00. The Hall–Kier alpha value is -2.82. The summed E-state index contributed by atoms with van der Waals surface area (Å²) in [5, 5.41) is 2.96. The molecule has 27 heavy (non-hydrogen) atoms. The van der Waals surface area contributed by atoms with Crippen molar-refractivity contribution >= 4 is 17.5 Å². The fraction of sp³-hybridized carbons (Fsp3) is 0.364. The molecule has 142 valence electrons. The number of hydrogen-bond donors (Lipinski definition) is 1. The van der Waals surface area contributed by atoms with E-state index in [9.17, 15) is 9.59 Å². The number of anilines is 1. The van der Waals surface area contributed by atoms with E-state index in [2.05, 4.69) is 24.4 Å². The lowest BCUT2D eigenvalue weighted by Gasteiger charge is -2.17. The second kappa shape index (κ2) is 8.71. The van der Waals surface area contributed by atoms with Crippen LogP contribution in [0.1, 0.15) is 31.4 Å². The van der Waals surface area contributed by atoms with Crippen LogP contribution in [0.25, 0.3) is 0 Å². The van der Waals surface area contributed by atoms with Gasteiger partial charge in [0.15, 0.2) is 0 Å². The smallest absolute Gasteiger partial charge is 0.227 e. The van der Waals surface area contributed by atoms with Gasteiger partial charge in [-0.25, -0.2) is 0 Å². The Balaban J connectivity index is 1.56. The molecule has 2 amide bonds. The van der Waals surface area contributed by atoms with E-state index in [0.717, 1.165) is 23.4 Å². The largest absolute Gasteiger partial charge is 0.494 e. The number of aryl methyl sites for hydroxylation is 1. The lowest BCUT2D eigenvalue weighted by molar-refractivity contribution is -0.126. The second-order valence-corrected chi connectivity index (χ2v) is 6.72. The Labute approximate surface area is 160 Å². The highest BCUT2D eigenvalue weighted by Gasteiger charge is 2.34. The summed E-state index contributed by atoms with van der Waals surface area (Å²) in [6.07, 6.45) is 1.24. The van der Waals surface area contributed by atoms with Crippen molar-refractivity contribution in [1.82, 2.24) is 5.32 Å². The van der Waals surface area contributed by atoms with Crippen LogP contribution in [0.15, 0.2) is 48.5 Å². The number of carbonyl (C=O) groups is 2. The van der Waals surface area contributed by atoms with Gasteiger partial charge in [-0.3, -0.25) is 9.59 Å². The summed E-state index contributed by atoms with van der Waals surface area (Å²) in [5.41, 5.74) is 3.14. The molecule has 1 atom stereocenters. The van der Waals surface area contributed by atoms with Gasteiger partial charge < -0.3 is 15.0 Å². The van der Waals surface area contributed by atoms with Crippen molar-refractivity contribution in [3.05, 3.63) is 59.7 Å². The predicted molar refractivity (Wildman–Crippen MR) is 106 cm³/mol. The van der Waals surface area contributed by atoms with E-state index in [1.807, 2.05) is 43.3 Å². The quantitative estimate of drug-likeness (QED) is 0.818. The summed E-state index contributed by atoms with van der Waals surface area (Å²) in [4.78, 5) is 26.5. The molecule has 1 saturated heterocycles. The van der Waals surface area contributed by atoms with Crippen LogP contribution in [0, 0.1) is 5.92 Å². The summed E-state index contributed by atoms with van der Waals surface area (Å²) in [6, 6.07) is 15.6. The Morgan fingerprint density at radius 3 is 2.37 bits per heavy atom. The lowest BCUT2D eigenvalue weighted by Crippen LogP contribution is -2.32. The Kier molecular flexibility index (Phi) is 6.12. The molecule has 0 radical (unpaired) electrons. The van der Waals surface area contributed by atoms with Gasteiger partial charge in [-0.1, -0.05) is 31.2 Å². The van der Waals surface area contributed by atoms with Gasteiger partial charge in [-0.05, 0) is 48.7 Å². The van der Waals surface area contributed by atoms with Gasteiger partial charge in [0.25, 0.3) is 0 Å². The Bertz CT molecular complexity index is 784. The average Bonchev–Trinajstić information content (AvgIpc) is 3.09. The van der Waals surface area contributed by atoms with Gasteiger partial charge in [-0.2, -0.15) is 0 Å². The van der Waals surface area contributed by atoms with Crippen molar-refractivity contribution in [3.63, 3.8) is 0 Å². The third-order valence-corrected chi connectivity index (χ3v) is 4.85. The molecular formula is C22H26N2O3. The molecule has 0 bridgehead atoms. The van der Waals surface area contributed by atoms with Gasteiger partial charge in [0.1, 0.15) is 5.75 Å². The third-order valence-electron chi connectivity index (χ3n) is 4.85. The zero-order valence-electron chi connectivity index (χ0n) is 15.9. The predicted octanol–water partition coefficient (Wildman–Crippen LogP) is 3.32. The molecule has 0 saturated carbocycles. The third kappa shape index (κ3) is 4.67. The van der Waals surface area contributed by atoms with Gasteiger partial charge in [0.05, 0.1) is 12.5 Å². The fourth-order valence-corrected chi connectivity index (χ4v) is 3.25. The average molecular weight is 366 g/mol. The van der Waals surface area contributed by atoms with E-state index >= 15 is 0 Å². The molecule has 0 unspecified atom stereocenters. The number of carbonyl (C=O) groups excluding carboxylic acids is 2. The lowest BCUT2D eigenvalue weighted by atomic mass is 10.1. The number of nitrogens with zero attached hydrogens (tertiary/aromatic N) is 1. The Morgan fingerprint density at radius 2 is 1.74 bits per heavy atom. The number of benzene rings is 2. The minimum atomic E-state index is -0.320. The number of amides is 2. The fourth-order valence-electron chi connectivity index (χ4n) is 3.25. The van der Waals surface area contributed by atoms with Crippen LogP contribution < -0.4 is 15.0 Å². The zero-order chi connectivity index (χ0) is 19.2. The maximum Gasteiger partial charge on any atom is 0.227 e. The van der Waals surface area contributed by atoms with Crippen LogP contribution in [0.3, 0.4) is 0 Å². The summed E-state index contributed by atoms with van der Waals surface area (Å²) in [6.45, 7) is 5.54. The van der Waals surface area contributed by atoms with Crippen molar-refractivity contribution in [2.24, 2.45) is 5.92 Å². The monoisotopic (exact) mass is 366 g/mol. The maximum atomic E-state index is 12.5. The molecule has 2 aromatic rings. The molecular weight excluding hydrogens is 340 g/mol. The first-order valence-electron chi connectivity index (χ1n) is 9.49. The second-order valence-electron chi connectivity index (χ2n) is 6.72. The first-order chi connectivity index (χ1) is 13.1. The maximum absolute atomic E-state index is 12.5. The van der Waals surface area contributed by atoms with Crippen LogP contribution in [0.5, 0.6) is 5.75 Å². The standard InChI is InChI=1S/C22H26N2O3/c1-3-16-5-7-17(8-6-16)14-23-22(26)18-13-21(25)24(15-18)19-9-11-20(12-10-19)27-4-2/h5-12,18H,3-4,13-15H2,1-2H3,(H,23,26)/t18-/m0/s1. The number of rotatable bonds is 7. The number of nitrogens with one attached hydrogen (secondary N) is 1. The van der Waals surface area contributed by atoms with E-state index in [0.29, 0.717) is 19.7 Å². The number of hydrogen-bond acceptors (Lipinski definition) is 3. The molecule has 1 aliphatic rings. The summed E-state index contributed by atoms with van der Waals surface area (Å²) >= 11 is 0. The molecule has 3 rings (SSSR count). The van der Waals surface area contributed by atoms with Crippen molar-refractivity contribution in [3.8, 4) is 5.75 Å². The van der Waals surface area contributed by atoms with Crippen molar-refractivity contribution < 1.29 is 14.3 Å². The van der Waals surface area contributed by atoms with Crippen LogP contribution in [-0.4, -0.2) is 25.0 Å². The zero-order valence-corrected chi connectivity index (χ0v) is 15.9. The highest BCUT2D eigenvalue weighted by Crippen LogP contribution is 2.27. The summed E-state index contributed by atoms with van der Waals surface area (Å²) < 4.78 is 5.43. The van der Waals surface area contributed by atoms with Crippen LogP contribution in [0.4, 0.5) is 5.69 Å². The molecule has 0 spiro atoms. The van der Waals surface area contributed by atoms with Gasteiger partial charge >= 0.3 is 0 Å². The molecule has 0 aromatic heterocycles. The topological polar surface area (TPSA) is 58.6 Å². The first-order valence-corrected chi connectivity index (χ1v) is 9.49. The van der Waals surface area contributed by atoms with Crippen LogP contribution in [-0.2, 0) is 22.6 Å². The molecule has 1 fully saturated rings. The van der Waals surface area contributed by atoms with Crippen molar-refractivity contribution in [2.45, 2.75) is 33.2 Å². The van der Waals surface area contributed by atoms with E-state index in [4.69, 9.17) is 4.74 Å². The molecule has 2 aromatic carbocycles. The summed E-state index contributed by atoms with van der Waals surface area (Å²) in [5.74, 6) is 0.359. The van der Waals surface area contributed by atoms with Gasteiger partial charge in [-0.15, -0.1) is 0 Å². The first kappa shape index (κ1) is 19.0. The number of ether oxygens (including phenoxy) is 1. The summed E-state index contributed by atoms with van der Waals surface area (Å²) in [7, 11) is 0. The molecule has 5 nitrogen and oxygen atoms in total. The van der Waals surface area contributed by atoms with E-state index in [1.165, 1.54) is 5.56 Å². The molecule has 1 N–H and O–H groups in total. The van der Waals surface area contributed by atoms with Crippen molar-refractivity contribution in [1.29, 1.82) is 0 Å². The van der Waals surface area contributed by atoms with Crippen molar-refractivity contribution in [2.75, 3.05) is 18.1 Å². The van der Waals surface area contributed by atoms with Crippen LogP contribution >= 0.6 is 0 Å². The molecule has 1 aliphatic heterocycles. The molecule has 5 heteroatoms. The van der Waals surface area contributed by atoms with Gasteiger partial charge in [0, 0.05) is 25.2 Å². The molecule has 1 heterocycles. The molecule has 0 aliphatic carbocycles. The normalized spacial score (nSPS) is 16.4. The Morgan fingerprint density at radius 1 is 1.07 bits per heavy atom. The minimum Gasteiger partial charge on any atom is -0.494 e. The van der Waals surface area contributed by atoms with Crippen LogP contribution in [0.2, 0.25) is 0 Å². The van der Waals surface area contributed by atoms with E-state index in [-0.39, 0.29) is 24.2 Å². The SMILES string of the molecule is CCOc1ccc(N2C[C@@H](C(=O)NCc3ccc(CC)cc3)CC2=O)cc1. The highest BCUT2D eigenvalue weighted by atomic mass is 16.5. The van der Waals surface area contributed by atoms with E-state index in [1.54, 1.807) is 4.90 Å². The van der Waals surface area contributed by atoms with Gasteiger partial charge in [0.2, 0.25) is 11.8 Å². The minimum absolute atomic E-state index is 0.0217. The van der Waals surface area contributed by atoms with E-state index < -0.39 is 0 Å².